The molecular weight excluding hydrogens is 298 g/mol. The van der Waals surface area contributed by atoms with Crippen LogP contribution in [0.15, 0.2) is 30.3 Å². The van der Waals surface area contributed by atoms with Gasteiger partial charge < -0.3 is 10.2 Å². The highest BCUT2D eigenvalue weighted by atomic mass is 16.2. The number of urea groups is 1. The van der Waals surface area contributed by atoms with Crippen molar-refractivity contribution in [2.75, 3.05) is 27.2 Å². The molecule has 1 aromatic rings. The average molecular weight is 327 g/mol. The summed E-state index contributed by atoms with van der Waals surface area (Å²) >= 11 is 0. The molecule has 4 nitrogen and oxygen atoms in total. The van der Waals surface area contributed by atoms with Crippen molar-refractivity contribution in [3.63, 3.8) is 0 Å². The molecule has 0 atom stereocenters. The second-order valence-corrected chi connectivity index (χ2v) is 8.23. The van der Waals surface area contributed by atoms with Gasteiger partial charge in [0.05, 0.1) is 5.54 Å². The molecule has 2 amide bonds. The van der Waals surface area contributed by atoms with E-state index in [4.69, 9.17) is 0 Å². The van der Waals surface area contributed by atoms with Crippen molar-refractivity contribution in [1.29, 1.82) is 0 Å². The highest BCUT2D eigenvalue weighted by Gasteiger charge is 2.52. The fourth-order valence-electron chi connectivity index (χ4n) is 4.80. The van der Waals surface area contributed by atoms with Gasteiger partial charge in [0.15, 0.2) is 0 Å². The molecule has 130 valence electrons. The number of rotatable bonds is 4. The third kappa shape index (κ3) is 2.52. The molecule has 3 aliphatic rings. The molecule has 24 heavy (non-hydrogen) atoms. The Morgan fingerprint density at radius 2 is 1.79 bits per heavy atom. The van der Waals surface area contributed by atoms with Crippen molar-refractivity contribution < 1.29 is 4.79 Å². The van der Waals surface area contributed by atoms with E-state index in [9.17, 15) is 4.79 Å². The first-order valence-corrected chi connectivity index (χ1v) is 9.34. The van der Waals surface area contributed by atoms with Crippen LogP contribution in [0.25, 0.3) is 0 Å². The van der Waals surface area contributed by atoms with Crippen molar-refractivity contribution in [2.24, 2.45) is 5.92 Å². The highest BCUT2D eigenvalue weighted by molar-refractivity contribution is 5.78. The summed E-state index contributed by atoms with van der Waals surface area (Å²) in [5.74, 6) is 0.750. The normalized spacial score (nSPS) is 33.3. The molecule has 4 rings (SSSR count). The molecule has 4 heteroatoms. The van der Waals surface area contributed by atoms with E-state index in [0.717, 1.165) is 44.7 Å². The Bertz CT molecular complexity index is 601. The summed E-state index contributed by atoms with van der Waals surface area (Å²) in [5, 5.41) is 3.13. The van der Waals surface area contributed by atoms with Crippen LogP contribution in [0.1, 0.15) is 44.1 Å². The molecule has 0 aromatic heterocycles. The molecule has 3 fully saturated rings. The first-order chi connectivity index (χ1) is 11.6. The third-order valence-corrected chi connectivity index (χ3v) is 6.70. The molecule has 1 aromatic carbocycles. The lowest BCUT2D eigenvalue weighted by atomic mass is 9.68. The highest BCUT2D eigenvalue weighted by Crippen LogP contribution is 2.48. The van der Waals surface area contributed by atoms with Crippen molar-refractivity contribution in [3.05, 3.63) is 35.9 Å². The maximum atomic E-state index is 12.4. The average Bonchev–Trinajstić information content (AvgIpc) is 3.38. The molecule has 1 N–H and O–H groups in total. The molecule has 2 aliphatic carbocycles. The molecule has 1 heterocycles. The van der Waals surface area contributed by atoms with Crippen molar-refractivity contribution in [2.45, 2.75) is 49.6 Å². The van der Waals surface area contributed by atoms with Crippen LogP contribution >= 0.6 is 0 Å². The Labute approximate surface area is 145 Å². The van der Waals surface area contributed by atoms with Crippen LogP contribution in [0.4, 0.5) is 4.79 Å². The second-order valence-electron chi connectivity index (χ2n) is 8.23. The summed E-state index contributed by atoms with van der Waals surface area (Å²) in [6.45, 7) is 1.79. The Balaban J connectivity index is 1.57. The van der Waals surface area contributed by atoms with Gasteiger partial charge in [-0.3, -0.25) is 4.90 Å². The van der Waals surface area contributed by atoms with Crippen LogP contribution in [0.5, 0.6) is 0 Å². The number of carbonyl (C=O) groups excluding carboxylic acids is 1. The summed E-state index contributed by atoms with van der Waals surface area (Å²) in [5.41, 5.74) is 1.56. The number of benzene rings is 1. The largest absolute Gasteiger partial charge is 0.336 e. The van der Waals surface area contributed by atoms with Gasteiger partial charge >= 0.3 is 6.03 Å². The zero-order chi connectivity index (χ0) is 16.8. The quantitative estimate of drug-likeness (QED) is 0.922. The van der Waals surface area contributed by atoms with Crippen molar-refractivity contribution in [1.82, 2.24) is 15.1 Å². The predicted octanol–water partition coefficient (Wildman–Crippen LogP) is 3.19. The molecule has 0 unspecified atom stereocenters. The molecule has 1 spiro atoms. The summed E-state index contributed by atoms with van der Waals surface area (Å²) in [7, 11) is 4.40. The van der Waals surface area contributed by atoms with Crippen LogP contribution in [0.3, 0.4) is 0 Å². The third-order valence-electron chi connectivity index (χ3n) is 6.70. The van der Waals surface area contributed by atoms with Crippen molar-refractivity contribution in [3.8, 4) is 0 Å². The minimum absolute atomic E-state index is 0.0496. The maximum Gasteiger partial charge on any atom is 0.318 e. The second kappa shape index (κ2) is 5.76. The van der Waals surface area contributed by atoms with Gasteiger partial charge in [-0.15, -0.1) is 0 Å². The topological polar surface area (TPSA) is 35.6 Å². The molecule has 1 saturated heterocycles. The van der Waals surface area contributed by atoms with Gasteiger partial charge in [0.1, 0.15) is 0 Å². The Morgan fingerprint density at radius 3 is 2.38 bits per heavy atom. The summed E-state index contributed by atoms with van der Waals surface area (Å²) in [6.07, 6.45) is 6.99. The van der Waals surface area contributed by atoms with Crippen LogP contribution in [0.2, 0.25) is 0 Å². The number of hydrogen-bond acceptors (Lipinski definition) is 2. The zero-order valence-corrected chi connectivity index (χ0v) is 14.9. The van der Waals surface area contributed by atoms with Crippen LogP contribution in [-0.4, -0.2) is 48.6 Å². The molecule has 1 aliphatic heterocycles. The Hall–Kier alpha value is -1.55. The van der Waals surface area contributed by atoms with E-state index in [1.165, 1.54) is 18.4 Å². The predicted molar refractivity (Wildman–Crippen MR) is 95.8 cm³/mol. The Kier molecular flexibility index (Phi) is 3.83. The molecule has 0 radical (unpaired) electrons. The molecule has 2 saturated carbocycles. The molecular formula is C20H29N3O. The van der Waals surface area contributed by atoms with E-state index in [1.807, 2.05) is 0 Å². The van der Waals surface area contributed by atoms with Crippen LogP contribution in [0, 0.1) is 5.92 Å². The fraction of sp³-hybridized carbons (Fsp3) is 0.650. The first kappa shape index (κ1) is 15.9. The number of nitrogens with zero attached hydrogens (tertiary/aromatic N) is 2. The number of amides is 2. The minimum Gasteiger partial charge on any atom is -0.336 e. The van der Waals surface area contributed by atoms with Crippen LogP contribution in [-0.2, 0) is 5.54 Å². The minimum atomic E-state index is 0.0496. The van der Waals surface area contributed by atoms with E-state index in [0.29, 0.717) is 0 Å². The lowest BCUT2D eigenvalue weighted by molar-refractivity contribution is 0.0247. The lowest BCUT2D eigenvalue weighted by Crippen LogP contribution is -2.55. The standard InChI is InChI=1S/C20H29N3O/c1-22(2)20(17-6-4-3-5-7-17)12-10-19(11-13-20)15-21-18(24)23(19)14-16-8-9-16/h3-7,16H,8-15H2,1-2H3,(H,21,24)/t19-,20+. The van der Waals surface area contributed by atoms with E-state index in [2.05, 4.69) is 59.5 Å². The van der Waals surface area contributed by atoms with Gasteiger partial charge in [-0.05, 0) is 64.1 Å². The summed E-state index contributed by atoms with van der Waals surface area (Å²) < 4.78 is 0. The van der Waals surface area contributed by atoms with Gasteiger partial charge in [0.25, 0.3) is 0 Å². The smallest absolute Gasteiger partial charge is 0.318 e. The Morgan fingerprint density at radius 1 is 1.12 bits per heavy atom. The lowest BCUT2D eigenvalue weighted by Gasteiger charge is -2.51. The summed E-state index contributed by atoms with van der Waals surface area (Å²) in [4.78, 5) is 17.0. The van der Waals surface area contributed by atoms with E-state index >= 15 is 0 Å². The number of nitrogens with one attached hydrogen (secondary N) is 1. The number of hydrogen-bond donors (Lipinski definition) is 1. The van der Waals surface area contributed by atoms with Gasteiger partial charge in [0, 0.05) is 18.6 Å². The van der Waals surface area contributed by atoms with Gasteiger partial charge in [0.2, 0.25) is 0 Å². The van der Waals surface area contributed by atoms with E-state index in [-0.39, 0.29) is 17.1 Å². The molecule has 0 bridgehead atoms. The van der Waals surface area contributed by atoms with E-state index in [1.54, 1.807) is 0 Å². The monoisotopic (exact) mass is 327 g/mol. The number of carbonyl (C=O) groups is 1. The van der Waals surface area contributed by atoms with E-state index < -0.39 is 0 Å². The van der Waals surface area contributed by atoms with Gasteiger partial charge in [-0.1, -0.05) is 30.3 Å². The SMILES string of the molecule is CN(C)[C@]1(c2ccccc2)CC[C@]2(CC1)CNC(=O)N2CC1CC1. The van der Waals surface area contributed by atoms with Crippen LogP contribution < -0.4 is 5.32 Å². The summed E-state index contributed by atoms with van der Waals surface area (Å²) in [6, 6.07) is 11.1. The zero-order valence-electron chi connectivity index (χ0n) is 14.9. The van der Waals surface area contributed by atoms with Gasteiger partial charge in [-0.2, -0.15) is 0 Å². The van der Waals surface area contributed by atoms with Gasteiger partial charge in [-0.25, -0.2) is 4.79 Å². The van der Waals surface area contributed by atoms with Crippen molar-refractivity contribution >= 4 is 6.03 Å². The maximum absolute atomic E-state index is 12.4. The fourth-order valence-corrected chi connectivity index (χ4v) is 4.80. The first-order valence-electron chi connectivity index (χ1n) is 9.34.